The Kier molecular flexibility index (Phi) is 5.48. The lowest BCUT2D eigenvalue weighted by atomic mass is 10.4. The Balaban J connectivity index is 2.81. The Labute approximate surface area is 103 Å². The molecule has 0 aliphatic heterocycles. The topological polar surface area (TPSA) is 59.0 Å². The third-order valence-corrected chi connectivity index (χ3v) is 2.88. The Morgan fingerprint density at radius 2 is 2.25 bits per heavy atom. The van der Waals surface area contributed by atoms with Crippen molar-refractivity contribution in [2.24, 2.45) is 0 Å². The van der Waals surface area contributed by atoms with Gasteiger partial charge in [-0.1, -0.05) is 6.92 Å². The van der Waals surface area contributed by atoms with Crippen LogP contribution in [0.25, 0.3) is 0 Å². The first kappa shape index (κ1) is 13.2. The third kappa shape index (κ3) is 3.31. The summed E-state index contributed by atoms with van der Waals surface area (Å²) in [5.41, 5.74) is 0.656. The Morgan fingerprint density at radius 3 is 2.88 bits per heavy atom. The molecule has 6 heteroatoms. The number of aryl methyl sites for hydroxylation is 1. The van der Waals surface area contributed by atoms with Crippen LogP contribution >= 0.6 is 15.9 Å². The fourth-order valence-electron chi connectivity index (χ4n) is 1.28. The van der Waals surface area contributed by atoms with Gasteiger partial charge in [0.2, 0.25) is 0 Å². The van der Waals surface area contributed by atoms with Crippen molar-refractivity contribution in [1.82, 2.24) is 15.1 Å². The van der Waals surface area contributed by atoms with E-state index in [4.69, 9.17) is 0 Å². The highest BCUT2D eigenvalue weighted by molar-refractivity contribution is 9.10. The maximum Gasteiger partial charge on any atom is 0.283 e. The highest BCUT2D eigenvalue weighted by Crippen LogP contribution is 2.15. The van der Waals surface area contributed by atoms with E-state index in [2.05, 4.69) is 31.7 Å². The van der Waals surface area contributed by atoms with Crippen LogP contribution in [0.2, 0.25) is 0 Å². The van der Waals surface area contributed by atoms with Crippen LogP contribution in [0.3, 0.4) is 0 Å². The molecule has 0 fully saturated rings. The van der Waals surface area contributed by atoms with Gasteiger partial charge in [-0.05, 0) is 29.4 Å². The second-order valence-electron chi connectivity index (χ2n) is 3.43. The van der Waals surface area contributed by atoms with Crippen LogP contribution in [-0.2, 0) is 6.54 Å². The summed E-state index contributed by atoms with van der Waals surface area (Å²) < 4.78 is 2.01. The van der Waals surface area contributed by atoms with E-state index >= 15 is 0 Å². The molecule has 5 nitrogen and oxygen atoms in total. The number of hydrogen-bond acceptors (Lipinski definition) is 4. The summed E-state index contributed by atoms with van der Waals surface area (Å²) in [4.78, 5) is 11.8. The Bertz CT molecular complexity index is 391. The van der Waals surface area contributed by atoms with Crippen molar-refractivity contribution in [2.75, 3.05) is 25.5 Å². The van der Waals surface area contributed by atoms with E-state index in [0.717, 1.165) is 25.2 Å². The van der Waals surface area contributed by atoms with Gasteiger partial charge in [-0.25, -0.2) is 4.68 Å². The van der Waals surface area contributed by atoms with E-state index in [-0.39, 0.29) is 5.56 Å². The van der Waals surface area contributed by atoms with Gasteiger partial charge in [-0.3, -0.25) is 4.79 Å². The first-order valence-electron chi connectivity index (χ1n) is 5.34. The number of aromatic nitrogens is 2. The predicted octanol–water partition coefficient (Wildman–Crippen LogP) is 1.05. The van der Waals surface area contributed by atoms with Crippen LogP contribution in [0.15, 0.2) is 15.5 Å². The SMILES string of the molecule is CCCn1ncc(NCCNC)c(Br)c1=O. The van der Waals surface area contributed by atoms with E-state index in [9.17, 15) is 4.79 Å². The van der Waals surface area contributed by atoms with Gasteiger partial charge in [0.15, 0.2) is 0 Å². The summed E-state index contributed by atoms with van der Waals surface area (Å²) in [7, 11) is 1.88. The monoisotopic (exact) mass is 288 g/mol. The van der Waals surface area contributed by atoms with Crippen molar-refractivity contribution in [1.29, 1.82) is 0 Å². The summed E-state index contributed by atoms with van der Waals surface area (Å²) in [6.45, 7) is 4.26. The van der Waals surface area contributed by atoms with E-state index in [1.807, 2.05) is 14.0 Å². The first-order chi connectivity index (χ1) is 7.70. The molecule has 0 aliphatic carbocycles. The fraction of sp³-hybridized carbons (Fsp3) is 0.600. The average Bonchev–Trinajstić information content (AvgIpc) is 2.28. The Hall–Kier alpha value is -0.880. The maximum absolute atomic E-state index is 11.8. The average molecular weight is 289 g/mol. The largest absolute Gasteiger partial charge is 0.381 e. The van der Waals surface area contributed by atoms with Crippen molar-refractivity contribution in [3.05, 3.63) is 21.0 Å². The number of nitrogens with zero attached hydrogens (tertiary/aromatic N) is 2. The van der Waals surface area contributed by atoms with E-state index < -0.39 is 0 Å². The molecule has 0 saturated carbocycles. The van der Waals surface area contributed by atoms with Crippen LogP contribution < -0.4 is 16.2 Å². The molecule has 0 aromatic carbocycles. The molecule has 0 spiro atoms. The van der Waals surface area contributed by atoms with Crippen molar-refractivity contribution in [3.8, 4) is 0 Å². The van der Waals surface area contributed by atoms with Crippen LogP contribution in [0.1, 0.15) is 13.3 Å². The first-order valence-corrected chi connectivity index (χ1v) is 6.14. The number of halogens is 1. The summed E-state index contributed by atoms with van der Waals surface area (Å²) in [5.74, 6) is 0. The summed E-state index contributed by atoms with van der Waals surface area (Å²) in [6, 6.07) is 0. The van der Waals surface area contributed by atoms with Gasteiger partial charge >= 0.3 is 0 Å². The lowest BCUT2D eigenvalue weighted by Gasteiger charge is -2.09. The van der Waals surface area contributed by atoms with Crippen molar-refractivity contribution in [3.63, 3.8) is 0 Å². The molecule has 1 aromatic heterocycles. The molecule has 0 amide bonds. The summed E-state index contributed by atoms with van der Waals surface area (Å²) >= 11 is 3.30. The maximum atomic E-state index is 11.8. The molecule has 2 N–H and O–H groups in total. The molecular weight excluding hydrogens is 272 g/mol. The van der Waals surface area contributed by atoms with E-state index in [1.165, 1.54) is 4.68 Å². The normalized spacial score (nSPS) is 10.4. The van der Waals surface area contributed by atoms with Crippen molar-refractivity contribution < 1.29 is 0 Å². The molecule has 16 heavy (non-hydrogen) atoms. The smallest absolute Gasteiger partial charge is 0.283 e. The zero-order valence-electron chi connectivity index (χ0n) is 9.59. The number of rotatable bonds is 6. The molecular formula is C10H17BrN4O. The van der Waals surface area contributed by atoms with Gasteiger partial charge in [-0.2, -0.15) is 5.10 Å². The van der Waals surface area contributed by atoms with Crippen LogP contribution in [-0.4, -0.2) is 29.9 Å². The van der Waals surface area contributed by atoms with Crippen LogP contribution in [0, 0.1) is 0 Å². The molecule has 0 saturated heterocycles. The van der Waals surface area contributed by atoms with Crippen molar-refractivity contribution in [2.45, 2.75) is 19.9 Å². The van der Waals surface area contributed by atoms with Gasteiger partial charge in [-0.15, -0.1) is 0 Å². The number of nitrogens with one attached hydrogen (secondary N) is 2. The standard InChI is InChI=1S/C10H17BrN4O/c1-3-6-15-10(16)9(11)8(7-14-15)13-5-4-12-2/h7,12-13H,3-6H2,1-2H3. The van der Waals surface area contributed by atoms with Gasteiger partial charge in [0.25, 0.3) is 5.56 Å². The molecule has 90 valence electrons. The van der Waals surface area contributed by atoms with Crippen LogP contribution in [0.4, 0.5) is 5.69 Å². The number of hydrogen-bond donors (Lipinski definition) is 2. The zero-order chi connectivity index (χ0) is 12.0. The van der Waals surface area contributed by atoms with E-state index in [1.54, 1.807) is 6.20 Å². The van der Waals surface area contributed by atoms with Crippen molar-refractivity contribution >= 4 is 21.6 Å². The summed E-state index contributed by atoms with van der Waals surface area (Å²) in [6.07, 6.45) is 2.57. The second-order valence-corrected chi connectivity index (χ2v) is 4.22. The minimum atomic E-state index is -0.0868. The molecule has 0 unspecified atom stereocenters. The van der Waals surface area contributed by atoms with Crippen LogP contribution in [0.5, 0.6) is 0 Å². The van der Waals surface area contributed by atoms with E-state index in [0.29, 0.717) is 11.0 Å². The minimum absolute atomic E-state index is 0.0868. The quantitative estimate of drug-likeness (QED) is 0.769. The highest BCUT2D eigenvalue weighted by Gasteiger charge is 2.07. The molecule has 1 heterocycles. The molecule has 0 atom stereocenters. The van der Waals surface area contributed by atoms with Gasteiger partial charge in [0.05, 0.1) is 11.9 Å². The zero-order valence-corrected chi connectivity index (χ0v) is 11.2. The Morgan fingerprint density at radius 1 is 1.50 bits per heavy atom. The number of likely N-dealkylation sites (N-methyl/N-ethyl adjacent to an activating group) is 1. The lowest BCUT2D eigenvalue weighted by molar-refractivity contribution is 0.566. The molecule has 1 aromatic rings. The number of anilines is 1. The second kappa shape index (κ2) is 6.65. The van der Waals surface area contributed by atoms with Gasteiger partial charge < -0.3 is 10.6 Å². The summed E-state index contributed by atoms with van der Waals surface area (Å²) in [5, 5.41) is 10.3. The van der Waals surface area contributed by atoms with Gasteiger partial charge in [0, 0.05) is 19.6 Å². The highest BCUT2D eigenvalue weighted by atomic mass is 79.9. The lowest BCUT2D eigenvalue weighted by Crippen LogP contribution is -2.25. The molecule has 1 rings (SSSR count). The molecule has 0 aliphatic rings. The fourth-order valence-corrected chi connectivity index (χ4v) is 1.73. The molecule has 0 bridgehead atoms. The van der Waals surface area contributed by atoms with Gasteiger partial charge in [0.1, 0.15) is 4.47 Å². The minimum Gasteiger partial charge on any atom is -0.381 e. The predicted molar refractivity (Wildman–Crippen MR) is 68.9 cm³/mol. The molecule has 0 radical (unpaired) electrons. The third-order valence-electron chi connectivity index (χ3n) is 2.11.